The second-order valence-corrected chi connectivity index (χ2v) is 3.55. The Morgan fingerprint density at radius 1 is 1.60 bits per heavy atom. The molecule has 1 aliphatic heterocycles. The fraction of sp³-hybridized carbons (Fsp3) is 0.857. The predicted molar refractivity (Wildman–Crippen MR) is 33.5 cm³/mol. The van der Waals surface area contributed by atoms with Crippen molar-refractivity contribution in [3.63, 3.8) is 0 Å². The lowest BCUT2D eigenvalue weighted by molar-refractivity contribution is -0.133. The average Bonchev–Trinajstić information content (AvgIpc) is 2.58. The maximum Gasteiger partial charge on any atom is 0.172 e. The first-order chi connectivity index (χ1) is 4.55. The smallest absolute Gasteiger partial charge is 0.172 e. The number of Topliss-reactive ketones (excluding diaryl/α,β-unsaturated/α-hetero) is 1. The van der Waals surface area contributed by atoms with Crippen molar-refractivity contribution in [3.05, 3.63) is 0 Å². The molecular formula is C7H10O3. The number of hydrogen-bond donors (Lipinski definition) is 1. The molecule has 2 fully saturated rings. The van der Waals surface area contributed by atoms with Gasteiger partial charge in [-0.05, 0) is 0 Å². The van der Waals surface area contributed by atoms with Gasteiger partial charge in [-0.1, -0.05) is 13.8 Å². The van der Waals surface area contributed by atoms with E-state index in [4.69, 9.17) is 4.74 Å². The molecule has 1 N–H and O–H groups in total. The van der Waals surface area contributed by atoms with Gasteiger partial charge in [-0.2, -0.15) is 0 Å². The largest absolute Gasteiger partial charge is 0.389 e. The summed E-state index contributed by atoms with van der Waals surface area (Å²) in [7, 11) is 0. The monoisotopic (exact) mass is 142 g/mol. The standard InChI is InChI=1S/C7H10O3/c1-7(2)5(8)3-4(10-3)6(7)9/h3-5,8H,1-2H3/t3?,4?,5-/m0/s1. The average molecular weight is 142 g/mol. The number of hydrogen-bond acceptors (Lipinski definition) is 3. The molecule has 56 valence electrons. The Balaban J connectivity index is 2.32. The summed E-state index contributed by atoms with van der Waals surface area (Å²) in [5.41, 5.74) is -0.576. The number of rotatable bonds is 0. The molecule has 3 heteroatoms. The van der Waals surface area contributed by atoms with E-state index in [1.165, 1.54) is 0 Å². The normalized spacial score (nSPS) is 49.1. The minimum atomic E-state index is -0.593. The minimum Gasteiger partial charge on any atom is -0.389 e. The van der Waals surface area contributed by atoms with Crippen LogP contribution in [0.4, 0.5) is 0 Å². The van der Waals surface area contributed by atoms with Crippen LogP contribution in [0.15, 0.2) is 0 Å². The minimum absolute atomic E-state index is 0.0463. The van der Waals surface area contributed by atoms with Crippen molar-refractivity contribution in [2.24, 2.45) is 5.41 Å². The topological polar surface area (TPSA) is 49.8 Å². The maximum atomic E-state index is 11.2. The van der Waals surface area contributed by atoms with Gasteiger partial charge in [0.05, 0.1) is 11.5 Å². The summed E-state index contributed by atoms with van der Waals surface area (Å²) in [5, 5.41) is 9.39. The van der Waals surface area contributed by atoms with E-state index >= 15 is 0 Å². The van der Waals surface area contributed by atoms with E-state index in [2.05, 4.69) is 0 Å². The SMILES string of the molecule is CC1(C)C(=O)C2OC2[C@@H]1O. The van der Waals surface area contributed by atoms with Crippen LogP contribution in [0, 0.1) is 5.41 Å². The molecule has 0 radical (unpaired) electrons. The summed E-state index contributed by atoms with van der Waals surface area (Å²) in [6.07, 6.45) is -1.07. The molecule has 0 aromatic rings. The number of epoxide rings is 1. The Morgan fingerprint density at radius 2 is 2.20 bits per heavy atom. The second kappa shape index (κ2) is 1.43. The number of aliphatic hydroxyl groups excluding tert-OH is 1. The third-order valence-electron chi connectivity index (χ3n) is 2.47. The van der Waals surface area contributed by atoms with Gasteiger partial charge in [0.25, 0.3) is 0 Å². The maximum absolute atomic E-state index is 11.2. The molecule has 1 aliphatic carbocycles. The van der Waals surface area contributed by atoms with Crippen LogP contribution in [-0.4, -0.2) is 29.2 Å². The van der Waals surface area contributed by atoms with Crippen LogP contribution in [0.5, 0.6) is 0 Å². The highest BCUT2D eigenvalue weighted by atomic mass is 16.6. The Bertz CT molecular complexity index is 197. The van der Waals surface area contributed by atoms with Crippen molar-refractivity contribution in [2.45, 2.75) is 32.2 Å². The van der Waals surface area contributed by atoms with E-state index in [-0.39, 0.29) is 18.0 Å². The number of ketones is 1. The lowest BCUT2D eigenvalue weighted by Gasteiger charge is -2.22. The molecule has 0 amide bonds. The van der Waals surface area contributed by atoms with E-state index in [9.17, 15) is 9.90 Å². The van der Waals surface area contributed by atoms with Crippen molar-refractivity contribution in [2.75, 3.05) is 0 Å². The van der Waals surface area contributed by atoms with Crippen LogP contribution >= 0.6 is 0 Å². The zero-order chi connectivity index (χ0) is 7.52. The summed E-state index contributed by atoms with van der Waals surface area (Å²) in [4.78, 5) is 11.2. The molecular weight excluding hydrogens is 132 g/mol. The van der Waals surface area contributed by atoms with Gasteiger partial charge in [-0.3, -0.25) is 4.79 Å². The molecule has 0 aromatic carbocycles. The van der Waals surface area contributed by atoms with Gasteiger partial charge in [0, 0.05) is 0 Å². The molecule has 2 unspecified atom stereocenters. The van der Waals surface area contributed by atoms with Crippen LogP contribution < -0.4 is 0 Å². The van der Waals surface area contributed by atoms with Gasteiger partial charge in [0.2, 0.25) is 0 Å². The molecule has 1 heterocycles. The number of fused-ring (bicyclic) bond motifs is 1. The van der Waals surface area contributed by atoms with Crippen LogP contribution in [-0.2, 0) is 9.53 Å². The van der Waals surface area contributed by atoms with E-state index in [1.807, 2.05) is 0 Å². The fourth-order valence-corrected chi connectivity index (χ4v) is 1.50. The Labute approximate surface area is 59.0 Å². The van der Waals surface area contributed by atoms with Crippen molar-refractivity contribution in [1.29, 1.82) is 0 Å². The number of ether oxygens (including phenoxy) is 1. The first-order valence-electron chi connectivity index (χ1n) is 3.43. The summed E-state index contributed by atoms with van der Waals surface area (Å²) in [5.74, 6) is 0.0463. The van der Waals surface area contributed by atoms with Crippen molar-refractivity contribution in [3.8, 4) is 0 Å². The number of carbonyl (C=O) groups excluding carboxylic acids is 1. The molecule has 3 atom stereocenters. The summed E-state index contributed by atoms with van der Waals surface area (Å²) < 4.78 is 4.91. The van der Waals surface area contributed by atoms with Gasteiger partial charge in [-0.25, -0.2) is 0 Å². The van der Waals surface area contributed by atoms with E-state index in [1.54, 1.807) is 13.8 Å². The summed E-state index contributed by atoms with van der Waals surface area (Å²) in [6, 6.07) is 0. The highest BCUT2D eigenvalue weighted by Gasteiger charge is 2.65. The van der Waals surface area contributed by atoms with E-state index < -0.39 is 11.5 Å². The Morgan fingerprint density at radius 3 is 2.40 bits per heavy atom. The zero-order valence-corrected chi connectivity index (χ0v) is 6.00. The van der Waals surface area contributed by atoms with E-state index in [0.29, 0.717) is 0 Å². The van der Waals surface area contributed by atoms with Gasteiger partial charge in [0.15, 0.2) is 5.78 Å². The molecule has 0 aromatic heterocycles. The van der Waals surface area contributed by atoms with Crippen molar-refractivity contribution >= 4 is 5.78 Å². The van der Waals surface area contributed by atoms with Gasteiger partial charge in [-0.15, -0.1) is 0 Å². The third-order valence-corrected chi connectivity index (χ3v) is 2.47. The first kappa shape index (κ1) is 6.31. The molecule has 3 nitrogen and oxygen atoms in total. The third kappa shape index (κ3) is 0.503. The van der Waals surface area contributed by atoms with Gasteiger partial charge >= 0.3 is 0 Å². The molecule has 0 bridgehead atoms. The fourth-order valence-electron chi connectivity index (χ4n) is 1.50. The van der Waals surface area contributed by atoms with Crippen molar-refractivity contribution < 1.29 is 14.6 Å². The first-order valence-corrected chi connectivity index (χ1v) is 3.43. The van der Waals surface area contributed by atoms with E-state index in [0.717, 1.165) is 0 Å². The molecule has 2 rings (SSSR count). The molecule has 10 heavy (non-hydrogen) atoms. The lowest BCUT2D eigenvalue weighted by atomic mass is 9.87. The second-order valence-electron chi connectivity index (χ2n) is 3.55. The molecule has 1 saturated heterocycles. The summed E-state index contributed by atoms with van der Waals surface area (Å²) in [6.45, 7) is 3.52. The lowest BCUT2D eigenvalue weighted by Crippen LogP contribution is -2.35. The number of carbonyl (C=O) groups is 1. The van der Waals surface area contributed by atoms with Crippen LogP contribution in [0.25, 0.3) is 0 Å². The Hall–Kier alpha value is -0.410. The molecule has 1 saturated carbocycles. The van der Waals surface area contributed by atoms with Crippen LogP contribution in [0.3, 0.4) is 0 Å². The van der Waals surface area contributed by atoms with Gasteiger partial charge < -0.3 is 9.84 Å². The van der Waals surface area contributed by atoms with Crippen molar-refractivity contribution in [1.82, 2.24) is 0 Å². The highest BCUT2D eigenvalue weighted by molar-refractivity contribution is 5.94. The van der Waals surface area contributed by atoms with Crippen LogP contribution in [0.1, 0.15) is 13.8 Å². The van der Waals surface area contributed by atoms with Crippen LogP contribution in [0.2, 0.25) is 0 Å². The molecule has 2 aliphatic rings. The quantitative estimate of drug-likeness (QED) is 0.473. The predicted octanol–water partition coefficient (Wildman–Crippen LogP) is -0.276. The highest BCUT2D eigenvalue weighted by Crippen LogP contribution is 2.46. The summed E-state index contributed by atoms with van der Waals surface area (Å²) >= 11 is 0. The Kier molecular flexibility index (Phi) is 0.904. The number of aliphatic hydroxyl groups is 1. The zero-order valence-electron chi connectivity index (χ0n) is 6.00. The van der Waals surface area contributed by atoms with Gasteiger partial charge in [0.1, 0.15) is 12.2 Å². The molecule has 0 spiro atoms.